The van der Waals surface area contributed by atoms with Gasteiger partial charge in [-0.1, -0.05) is 28.1 Å². The van der Waals surface area contributed by atoms with Crippen LogP contribution in [0.3, 0.4) is 0 Å². The molecule has 1 heterocycles. The molecule has 0 bridgehead atoms. The third-order valence-electron chi connectivity index (χ3n) is 2.89. The standard InChI is InChI=1S/C15H16BrN3O/c1-10(9-11-4-6-12(16)7-5-11)19-15(20)14-13(17)3-2-8-18-14/h2-8,10H,9,17H2,1H3,(H,19,20). The number of hydrogen-bond acceptors (Lipinski definition) is 3. The molecular weight excluding hydrogens is 318 g/mol. The summed E-state index contributed by atoms with van der Waals surface area (Å²) in [5, 5.41) is 2.91. The lowest BCUT2D eigenvalue weighted by Gasteiger charge is -2.14. The number of carbonyl (C=O) groups excluding carboxylic acids is 1. The van der Waals surface area contributed by atoms with E-state index in [0.717, 1.165) is 16.5 Å². The Balaban J connectivity index is 1.98. The molecule has 1 atom stereocenters. The fourth-order valence-electron chi connectivity index (χ4n) is 1.92. The van der Waals surface area contributed by atoms with Crippen LogP contribution >= 0.6 is 15.9 Å². The first kappa shape index (κ1) is 14.5. The second-order valence-corrected chi connectivity index (χ2v) is 5.56. The molecule has 1 aromatic carbocycles. The minimum absolute atomic E-state index is 0.00471. The van der Waals surface area contributed by atoms with E-state index in [4.69, 9.17) is 5.73 Å². The Morgan fingerprint density at radius 2 is 2.05 bits per heavy atom. The molecule has 1 unspecified atom stereocenters. The largest absolute Gasteiger partial charge is 0.397 e. The van der Waals surface area contributed by atoms with Crippen molar-refractivity contribution in [3.8, 4) is 0 Å². The molecule has 0 spiro atoms. The van der Waals surface area contributed by atoms with Crippen molar-refractivity contribution in [2.24, 2.45) is 0 Å². The first-order valence-electron chi connectivity index (χ1n) is 6.32. The fourth-order valence-corrected chi connectivity index (χ4v) is 2.19. The molecule has 2 aromatic rings. The number of nitrogen functional groups attached to an aromatic ring is 1. The molecule has 2 rings (SSSR count). The lowest BCUT2D eigenvalue weighted by molar-refractivity contribution is 0.0936. The molecule has 0 fully saturated rings. The number of rotatable bonds is 4. The average molecular weight is 334 g/mol. The SMILES string of the molecule is CC(Cc1ccc(Br)cc1)NC(=O)c1ncccc1N. The van der Waals surface area contributed by atoms with Gasteiger partial charge in [-0.3, -0.25) is 4.79 Å². The number of amides is 1. The van der Waals surface area contributed by atoms with E-state index in [9.17, 15) is 4.79 Å². The summed E-state index contributed by atoms with van der Waals surface area (Å²) in [5.41, 5.74) is 7.56. The van der Waals surface area contributed by atoms with E-state index in [2.05, 4.69) is 26.2 Å². The molecule has 104 valence electrons. The Bertz CT molecular complexity index is 598. The normalized spacial score (nSPS) is 11.9. The van der Waals surface area contributed by atoms with Gasteiger partial charge in [-0.15, -0.1) is 0 Å². The highest BCUT2D eigenvalue weighted by molar-refractivity contribution is 9.10. The summed E-state index contributed by atoms with van der Waals surface area (Å²) < 4.78 is 1.04. The lowest BCUT2D eigenvalue weighted by atomic mass is 10.1. The van der Waals surface area contributed by atoms with Gasteiger partial charge in [0.25, 0.3) is 5.91 Å². The second-order valence-electron chi connectivity index (χ2n) is 4.65. The molecular formula is C15H16BrN3O. The smallest absolute Gasteiger partial charge is 0.272 e. The molecule has 1 amide bonds. The molecule has 0 saturated carbocycles. The maximum Gasteiger partial charge on any atom is 0.272 e. The molecule has 3 N–H and O–H groups in total. The van der Waals surface area contributed by atoms with Gasteiger partial charge in [0.15, 0.2) is 5.69 Å². The highest BCUT2D eigenvalue weighted by Gasteiger charge is 2.13. The van der Waals surface area contributed by atoms with E-state index in [-0.39, 0.29) is 17.6 Å². The van der Waals surface area contributed by atoms with Gasteiger partial charge in [0.05, 0.1) is 5.69 Å². The third-order valence-corrected chi connectivity index (χ3v) is 3.42. The highest BCUT2D eigenvalue weighted by Crippen LogP contribution is 2.12. The number of benzene rings is 1. The van der Waals surface area contributed by atoms with Crippen LogP contribution in [0.1, 0.15) is 23.0 Å². The molecule has 5 heteroatoms. The number of aromatic nitrogens is 1. The third kappa shape index (κ3) is 3.81. The molecule has 0 aliphatic heterocycles. The number of nitrogens with one attached hydrogen (secondary N) is 1. The number of anilines is 1. The van der Waals surface area contributed by atoms with E-state index in [1.54, 1.807) is 18.3 Å². The van der Waals surface area contributed by atoms with Crippen LogP contribution in [0.15, 0.2) is 47.1 Å². The van der Waals surface area contributed by atoms with Gasteiger partial charge < -0.3 is 11.1 Å². The predicted octanol–water partition coefficient (Wildman–Crippen LogP) is 2.79. The number of halogens is 1. The van der Waals surface area contributed by atoms with Crippen LogP contribution in [0.25, 0.3) is 0 Å². The predicted molar refractivity (Wildman–Crippen MR) is 83.4 cm³/mol. The molecule has 0 aliphatic carbocycles. The van der Waals surface area contributed by atoms with E-state index < -0.39 is 0 Å². The molecule has 20 heavy (non-hydrogen) atoms. The summed E-state index contributed by atoms with van der Waals surface area (Å²) in [7, 11) is 0. The van der Waals surface area contributed by atoms with Crippen molar-refractivity contribution < 1.29 is 4.79 Å². The minimum atomic E-state index is -0.243. The molecule has 0 saturated heterocycles. The maximum atomic E-state index is 12.1. The average Bonchev–Trinajstić information content (AvgIpc) is 2.41. The van der Waals surface area contributed by atoms with Gasteiger partial charge in [0.1, 0.15) is 0 Å². The van der Waals surface area contributed by atoms with Crippen molar-refractivity contribution in [2.75, 3.05) is 5.73 Å². The Kier molecular flexibility index (Phi) is 4.74. The zero-order valence-electron chi connectivity index (χ0n) is 11.1. The maximum absolute atomic E-state index is 12.1. The summed E-state index contributed by atoms with van der Waals surface area (Å²) in [6, 6.07) is 11.4. The zero-order valence-corrected chi connectivity index (χ0v) is 12.7. The molecule has 0 radical (unpaired) electrons. The summed E-state index contributed by atoms with van der Waals surface area (Å²) in [5.74, 6) is -0.243. The van der Waals surface area contributed by atoms with Crippen molar-refractivity contribution in [1.29, 1.82) is 0 Å². The van der Waals surface area contributed by atoms with Gasteiger partial charge >= 0.3 is 0 Å². The summed E-state index contributed by atoms with van der Waals surface area (Å²) in [6.45, 7) is 1.96. The van der Waals surface area contributed by atoms with Crippen LogP contribution in [0.5, 0.6) is 0 Å². The van der Waals surface area contributed by atoms with Gasteiger partial charge in [0.2, 0.25) is 0 Å². The van der Waals surface area contributed by atoms with Crippen molar-refractivity contribution in [3.05, 3.63) is 58.3 Å². The molecule has 0 aliphatic rings. The lowest BCUT2D eigenvalue weighted by Crippen LogP contribution is -2.35. The van der Waals surface area contributed by atoms with Crippen LogP contribution in [0.4, 0.5) is 5.69 Å². The molecule has 4 nitrogen and oxygen atoms in total. The Morgan fingerprint density at radius 1 is 1.35 bits per heavy atom. The van der Waals surface area contributed by atoms with Crippen molar-refractivity contribution in [1.82, 2.24) is 10.3 Å². The van der Waals surface area contributed by atoms with Crippen LogP contribution in [-0.4, -0.2) is 16.9 Å². The second kappa shape index (κ2) is 6.52. The first-order valence-corrected chi connectivity index (χ1v) is 7.11. The van der Waals surface area contributed by atoms with E-state index >= 15 is 0 Å². The summed E-state index contributed by atoms with van der Waals surface area (Å²) in [6.07, 6.45) is 2.32. The van der Waals surface area contributed by atoms with Gasteiger partial charge in [-0.2, -0.15) is 0 Å². The number of carbonyl (C=O) groups is 1. The van der Waals surface area contributed by atoms with Gasteiger partial charge in [0, 0.05) is 16.7 Å². The number of hydrogen-bond donors (Lipinski definition) is 2. The van der Waals surface area contributed by atoms with Crippen LogP contribution in [-0.2, 0) is 6.42 Å². The Morgan fingerprint density at radius 3 is 2.70 bits per heavy atom. The van der Waals surface area contributed by atoms with Gasteiger partial charge in [-0.25, -0.2) is 4.98 Å². The number of nitrogens with two attached hydrogens (primary N) is 1. The van der Waals surface area contributed by atoms with Crippen LogP contribution < -0.4 is 11.1 Å². The van der Waals surface area contributed by atoms with Crippen molar-refractivity contribution in [2.45, 2.75) is 19.4 Å². The molecule has 1 aromatic heterocycles. The monoisotopic (exact) mass is 333 g/mol. The van der Waals surface area contributed by atoms with Crippen LogP contribution in [0, 0.1) is 0 Å². The number of nitrogens with zero attached hydrogens (tertiary/aromatic N) is 1. The number of pyridine rings is 1. The Hall–Kier alpha value is -1.88. The van der Waals surface area contributed by atoms with E-state index in [1.165, 1.54) is 0 Å². The Labute approximate surface area is 126 Å². The fraction of sp³-hybridized carbons (Fsp3) is 0.200. The quantitative estimate of drug-likeness (QED) is 0.903. The van der Waals surface area contributed by atoms with E-state index in [1.807, 2.05) is 31.2 Å². The van der Waals surface area contributed by atoms with Crippen LogP contribution in [0.2, 0.25) is 0 Å². The van der Waals surface area contributed by atoms with E-state index in [0.29, 0.717) is 5.69 Å². The summed E-state index contributed by atoms with van der Waals surface area (Å²) in [4.78, 5) is 16.1. The summed E-state index contributed by atoms with van der Waals surface area (Å²) >= 11 is 3.40. The first-order chi connectivity index (χ1) is 9.56. The topological polar surface area (TPSA) is 68.0 Å². The van der Waals surface area contributed by atoms with Gasteiger partial charge in [-0.05, 0) is 43.2 Å². The highest BCUT2D eigenvalue weighted by atomic mass is 79.9. The zero-order chi connectivity index (χ0) is 14.5. The minimum Gasteiger partial charge on any atom is -0.397 e. The van der Waals surface area contributed by atoms with Crippen molar-refractivity contribution >= 4 is 27.5 Å². The van der Waals surface area contributed by atoms with Crippen molar-refractivity contribution in [3.63, 3.8) is 0 Å².